The molecular formula is C16H14FN3O. The number of fused-ring (bicyclic) bond motifs is 1. The smallest absolute Gasteiger partial charge is 0.224 e. The lowest BCUT2D eigenvalue weighted by Gasteiger charge is -2.03. The van der Waals surface area contributed by atoms with Crippen LogP contribution < -0.4 is 5.32 Å². The Morgan fingerprint density at radius 3 is 2.76 bits per heavy atom. The second-order valence-corrected chi connectivity index (χ2v) is 4.78. The van der Waals surface area contributed by atoms with Gasteiger partial charge in [0.15, 0.2) is 0 Å². The minimum absolute atomic E-state index is 0.0653. The number of hydrogen-bond donors (Lipinski definition) is 1. The lowest BCUT2D eigenvalue weighted by atomic mass is 10.1. The summed E-state index contributed by atoms with van der Waals surface area (Å²) in [6.45, 7) is 0.328. The molecule has 0 radical (unpaired) electrons. The van der Waals surface area contributed by atoms with Gasteiger partial charge in [0.25, 0.3) is 0 Å². The molecule has 0 unspecified atom stereocenters. The standard InChI is InChI=1S/C16H14FN3O/c17-13-6-7-15-19-14(11-20(15)10-13)9-18-16(21)8-12-4-2-1-3-5-12/h1-7,10-11H,8-9H2,(H,18,21). The molecule has 0 saturated heterocycles. The van der Waals surface area contributed by atoms with E-state index in [1.165, 1.54) is 12.3 Å². The molecule has 0 aliphatic heterocycles. The van der Waals surface area contributed by atoms with Gasteiger partial charge in [0.05, 0.1) is 18.7 Å². The number of nitrogens with zero attached hydrogens (tertiary/aromatic N) is 2. The Bertz CT molecular complexity index is 768. The molecule has 21 heavy (non-hydrogen) atoms. The van der Waals surface area contributed by atoms with Gasteiger partial charge in [-0.2, -0.15) is 0 Å². The molecule has 1 aromatic carbocycles. The Morgan fingerprint density at radius 2 is 1.95 bits per heavy atom. The van der Waals surface area contributed by atoms with E-state index in [1.54, 1.807) is 16.7 Å². The molecular weight excluding hydrogens is 269 g/mol. The van der Waals surface area contributed by atoms with Crippen molar-refractivity contribution >= 4 is 11.6 Å². The molecule has 0 atom stereocenters. The van der Waals surface area contributed by atoms with Gasteiger partial charge in [0.2, 0.25) is 5.91 Å². The second kappa shape index (κ2) is 5.75. The van der Waals surface area contributed by atoms with Crippen LogP contribution in [0.1, 0.15) is 11.3 Å². The Kier molecular flexibility index (Phi) is 3.64. The summed E-state index contributed by atoms with van der Waals surface area (Å²) in [6.07, 6.45) is 3.40. The van der Waals surface area contributed by atoms with Crippen molar-refractivity contribution in [1.29, 1.82) is 0 Å². The van der Waals surface area contributed by atoms with Gasteiger partial charge >= 0.3 is 0 Å². The van der Waals surface area contributed by atoms with Crippen LogP contribution in [0.3, 0.4) is 0 Å². The van der Waals surface area contributed by atoms with Gasteiger partial charge in [-0.3, -0.25) is 4.79 Å². The van der Waals surface area contributed by atoms with Gasteiger partial charge in [-0.15, -0.1) is 0 Å². The fourth-order valence-electron chi connectivity index (χ4n) is 2.14. The summed E-state index contributed by atoms with van der Waals surface area (Å²) < 4.78 is 14.7. The largest absolute Gasteiger partial charge is 0.350 e. The Labute approximate surface area is 121 Å². The zero-order chi connectivity index (χ0) is 14.7. The van der Waals surface area contributed by atoms with Crippen molar-refractivity contribution in [1.82, 2.24) is 14.7 Å². The van der Waals surface area contributed by atoms with E-state index in [9.17, 15) is 9.18 Å². The second-order valence-electron chi connectivity index (χ2n) is 4.78. The van der Waals surface area contributed by atoms with Crippen molar-refractivity contribution in [2.75, 3.05) is 0 Å². The van der Waals surface area contributed by atoms with Crippen molar-refractivity contribution in [3.8, 4) is 0 Å². The van der Waals surface area contributed by atoms with Crippen LogP contribution in [0.15, 0.2) is 54.9 Å². The number of pyridine rings is 1. The molecule has 4 nitrogen and oxygen atoms in total. The SMILES string of the molecule is O=C(Cc1ccccc1)NCc1cn2cc(F)ccc2n1. The molecule has 0 bridgehead atoms. The van der Waals surface area contributed by atoms with Gasteiger partial charge in [0, 0.05) is 12.4 Å². The van der Waals surface area contributed by atoms with E-state index < -0.39 is 0 Å². The van der Waals surface area contributed by atoms with Crippen LogP contribution in [-0.2, 0) is 17.8 Å². The fourth-order valence-corrected chi connectivity index (χ4v) is 2.14. The lowest BCUT2D eigenvalue weighted by Crippen LogP contribution is -2.24. The van der Waals surface area contributed by atoms with Crippen molar-refractivity contribution in [3.05, 3.63) is 71.9 Å². The van der Waals surface area contributed by atoms with Crippen LogP contribution in [0.2, 0.25) is 0 Å². The number of benzene rings is 1. The third-order valence-electron chi connectivity index (χ3n) is 3.14. The number of aromatic nitrogens is 2. The number of amides is 1. The molecule has 0 saturated carbocycles. The first kappa shape index (κ1) is 13.3. The highest BCUT2D eigenvalue weighted by Crippen LogP contribution is 2.07. The first-order chi connectivity index (χ1) is 10.2. The Hall–Kier alpha value is -2.69. The summed E-state index contributed by atoms with van der Waals surface area (Å²) in [4.78, 5) is 16.2. The Morgan fingerprint density at radius 1 is 1.14 bits per heavy atom. The number of rotatable bonds is 4. The van der Waals surface area contributed by atoms with E-state index >= 15 is 0 Å². The zero-order valence-corrected chi connectivity index (χ0v) is 11.3. The summed E-state index contributed by atoms with van der Waals surface area (Å²) >= 11 is 0. The molecule has 3 rings (SSSR count). The fraction of sp³-hybridized carbons (Fsp3) is 0.125. The highest BCUT2D eigenvalue weighted by Gasteiger charge is 2.06. The predicted molar refractivity (Wildman–Crippen MR) is 77.1 cm³/mol. The summed E-state index contributed by atoms with van der Waals surface area (Å²) in [5.74, 6) is -0.385. The molecule has 0 aliphatic rings. The van der Waals surface area contributed by atoms with Crippen LogP contribution in [-0.4, -0.2) is 15.3 Å². The first-order valence-electron chi connectivity index (χ1n) is 6.64. The van der Waals surface area contributed by atoms with E-state index in [0.717, 1.165) is 5.56 Å². The third-order valence-corrected chi connectivity index (χ3v) is 3.14. The number of nitrogens with one attached hydrogen (secondary N) is 1. The minimum atomic E-state index is -0.320. The molecule has 1 amide bonds. The van der Waals surface area contributed by atoms with Gasteiger partial charge in [-0.1, -0.05) is 30.3 Å². The van der Waals surface area contributed by atoms with Crippen molar-refractivity contribution in [2.24, 2.45) is 0 Å². The third kappa shape index (κ3) is 3.25. The summed E-state index contributed by atoms with van der Waals surface area (Å²) in [6, 6.07) is 12.5. The summed E-state index contributed by atoms with van der Waals surface area (Å²) in [7, 11) is 0. The molecule has 0 fully saturated rings. The average Bonchev–Trinajstić information content (AvgIpc) is 2.88. The maximum absolute atomic E-state index is 13.1. The quantitative estimate of drug-likeness (QED) is 0.799. The normalized spacial score (nSPS) is 10.7. The zero-order valence-electron chi connectivity index (χ0n) is 11.3. The van der Waals surface area contributed by atoms with Crippen molar-refractivity contribution < 1.29 is 9.18 Å². The maximum Gasteiger partial charge on any atom is 0.224 e. The van der Waals surface area contributed by atoms with Crippen molar-refractivity contribution in [3.63, 3.8) is 0 Å². The van der Waals surface area contributed by atoms with Gasteiger partial charge in [-0.25, -0.2) is 9.37 Å². The van der Waals surface area contributed by atoms with Crippen LogP contribution in [0.5, 0.6) is 0 Å². The lowest BCUT2D eigenvalue weighted by molar-refractivity contribution is -0.120. The van der Waals surface area contributed by atoms with Crippen LogP contribution in [0, 0.1) is 5.82 Å². The molecule has 0 spiro atoms. The summed E-state index contributed by atoms with van der Waals surface area (Å²) in [5, 5.41) is 2.81. The number of imidazole rings is 1. The van der Waals surface area contributed by atoms with E-state index in [4.69, 9.17) is 0 Å². The van der Waals surface area contributed by atoms with Crippen LogP contribution >= 0.6 is 0 Å². The monoisotopic (exact) mass is 283 g/mol. The molecule has 106 valence electrons. The van der Waals surface area contributed by atoms with Gasteiger partial charge in [-0.05, 0) is 17.7 Å². The average molecular weight is 283 g/mol. The number of hydrogen-bond acceptors (Lipinski definition) is 2. The van der Waals surface area contributed by atoms with Crippen LogP contribution in [0.4, 0.5) is 4.39 Å². The van der Waals surface area contributed by atoms with E-state index in [2.05, 4.69) is 10.3 Å². The van der Waals surface area contributed by atoms with Crippen LogP contribution in [0.25, 0.3) is 5.65 Å². The maximum atomic E-state index is 13.1. The summed E-state index contributed by atoms with van der Waals surface area (Å²) in [5.41, 5.74) is 2.32. The van der Waals surface area contributed by atoms with Crippen molar-refractivity contribution in [2.45, 2.75) is 13.0 Å². The highest BCUT2D eigenvalue weighted by molar-refractivity contribution is 5.78. The molecule has 1 N–H and O–H groups in total. The molecule has 2 aromatic heterocycles. The van der Waals surface area contributed by atoms with E-state index in [0.29, 0.717) is 24.3 Å². The minimum Gasteiger partial charge on any atom is -0.350 e. The molecule has 5 heteroatoms. The van der Waals surface area contributed by atoms with E-state index in [-0.39, 0.29) is 11.7 Å². The first-order valence-corrected chi connectivity index (χ1v) is 6.64. The Balaban J connectivity index is 1.62. The van der Waals surface area contributed by atoms with Gasteiger partial charge in [0.1, 0.15) is 11.5 Å². The number of halogens is 1. The van der Waals surface area contributed by atoms with E-state index in [1.807, 2.05) is 30.3 Å². The predicted octanol–water partition coefficient (Wildman–Crippen LogP) is 2.33. The highest BCUT2D eigenvalue weighted by atomic mass is 19.1. The molecule has 2 heterocycles. The number of carbonyl (C=O) groups is 1. The van der Waals surface area contributed by atoms with Gasteiger partial charge < -0.3 is 9.72 Å². The molecule has 3 aromatic rings. The topological polar surface area (TPSA) is 46.4 Å². The molecule has 0 aliphatic carbocycles. The number of carbonyl (C=O) groups excluding carboxylic acids is 1.